The van der Waals surface area contributed by atoms with Gasteiger partial charge in [-0.2, -0.15) is 0 Å². The van der Waals surface area contributed by atoms with E-state index in [2.05, 4.69) is 9.62 Å². The zero-order valence-corrected chi connectivity index (χ0v) is 14.8. The van der Waals surface area contributed by atoms with Gasteiger partial charge in [0.15, 0.2) is 0 Å². The minimum Gasteiger partial charge on any atom is -0.335 e. The summed E-state index contributed by atoms with van der Waals surface area (Å²) in [6, 6.07) is 6.70. The van der Waals surface area contributed by atoms with Gasteiger partial charge in [0.2, 0.25) is 10.0 Å². The van der Waals surface area contributed by atoms with Gasteiger partial charge in [0.25, 0.3) is 5.91 Å². The maximum Gasteiger partial charge on any atom is 0.254 e. The highest BCUT2D eigenvalue weighted by Gasteiger charge is 2.47. The van der Waals surface area contributed by atoms with E-state index in [9.17, 15) is 13.2 Å². The number of hydrogen-bond acceptors (Lipinski definition) is 3. The number of nitrogens with zero attached hydrogens (tertiary/aromatic N) is 1. The van der Waals surface area contributed by atoms with Gasteiger partial charge in [-0.15, -0.1) is 0 Å². The van der Waals surface area contributed by atoms with Gasteiger partial charge in [0.1, 0.15) is 0 Å². The Labute approximate surface area is 143 Å². The lowest BCUT2D eigenvalue weighted by molar-refractivity contribution is 0.0716. The highest BCUT2D eigenvalue weighted by atomic mass is 32.2. The number of carbonyl (C=O) groups excluding carboxylic acids is 1. The summed E-state index contributed by atoms with van der Waals surface area (Å²) in [5.41, 5.74) is 0.590. The molecule has 2 aliphatic carbocycles. The number of likely N-dealkylation sites (tertiary alicyclic amines) is 1. The SMILES string of the molecule is CNS(=O)(=O)c1ccc(C(=O)N2C[C@H](C3CC3)C[C@@H]2C2CC2)cc1. The Morgan fingerprint density at radius 1 is 1.04 bits per heavy atom. The number of rotatable bonds is 5. The summed E-state index contributed by atoms with van der Waals surface area (Å²) in [6.07, 6.45) is 6.28. The first-order valence-electron chi connectivity index (χ1n) is 8.84. The molecule has 3 fully saturated rings. The van der Waals surface area contributed by atoms with Crippen molar-refractivity contribution in [3.63, 3.8) is 0 Å². The van der Waals surface area contributed by atoms with Gasteiger partial charge in [-0.1, -0.05) is 0 Å². The fraction of sp³-hybridized carbons (Fsp3) is 0.611. The summed E-state index contributed by atoms with van der Waals surface area (Å²) >= 11 is 0. The molecule has 24 heavy (non-hydrogen) atoms. The van der Waals surface area contributed by atoms with Gasteiger partial charge in [-0.05, 0) is 81.2 Å². The van der Waals surface area contributed by atoms with E-state index in [0.29, 0.717) is 23.4 Å². The Balaban J connectivity index is 1.53. The Hall–Kier alpha value is -1.40. The summed E-state index contributed by atoms with van der Waals surface area (Å²) in [5.74, 6) is 2.24. The smallest absolute Gasteiger partial charge is 0.254 e. The van der Waals surface area contributed by atoms with Crippen LogP contribution in [0.15, 0.2) is 29.2 Å². The summed E-state index contributed by atoms with van der Waals surface area (Å²) in [7, 11) is -2.07. The highest BCUT2D eigenvalue weighted by Crippen LogP contribution is 2.48. The molecule has 0 bridgehead atoms. The van der Waals surface area contributed by atoms with Crippen molar-refractivity contribution in [3.05, 3.63) is 29.8 Å². The van der Waals surface area contributed by atoms with Crippen LogP contribution in [0.5, 0.6) is 0 Å². The second-order valence-corrected chi connectivity index (χ2v) is 9.31. The average Bonchev–Trinajstić information content (AvgIpc) is 3.52. The molecule has 4 rings (SSSR count). The molecular weight excluding hydrogens is 324 g/mol. The third-order valence-corrected chi connectivity index (χ3v) is 7.20. The quantitative estimate of drug-likeness (QED) is 0.887. The van der Waals surface area contributed by atoms with Crippen LogP contribution in [0.3, 0.4) is 0 Å². The fourth-order valence-electron chi connectivity index (χ4n) is 4.03. The van der Waals surface area contributed by atoms with Crippen LogP contribution in [0.1, 0.15) is 42.5 Å². The molecule has 130 valence electrons. The summed E-state index contributed by atoms with van der Waals surface area (Å²) in [5, 5.41) is 0. The number of carbonyl (C=O) groups is 1. The molecule has 1 aliphatic heterocycles. The van der Waals surface area contributed by atoms with Crippen LogP contribution < -0.4 is 4.72 Å². The lowest BCUT2D eigenvalue weighted by Crippen LogP contribution is -2.37. The molecular formula is C18H24N2O3S. The van der Waals surface area contributed by atoms with Crippen molar-refractivity contribution in [2.75, 3.05) is 13.6 Å². The number of hydrogen-bond donors (Lipinski definition) is 1. The molecule has 1 aromatic rings. The van der Waals surface area contributed by atoms with Crippen LogP contribution >= 0.6 is 0 Å². The normalized spacial score (nSPS) is 27.5. The lowest BCUT2D eigenvalue weighted by Gasteiger charge is -2.24. The van der Waals surface area contributed by atoms with Gasteiger partial charge >= 0.3 is 0 Å². The van der Waals surface area contributed by atoms with E-state index in [1.165, 1.54) is 44.9 Å². The molecule has 1 heterocycles. The molecule has 2 atom stereocenters. The standard InChI is InChI=1S/C18H24N2O3S/c1-19-24(22,23)16-8-6-14(7-9-16)18(21)20-11-15(12-2-3-12)10-17(20)13-4-5-13/h6-9,12-13,15,17,19H,2-5,10-11H2,1H3/t15-,17-/m1/s1. The maximum atomic E-state index is 13.0. The third-order valence-electron chi connectivity index (χ3n) is 5.77. The van der Waals surface area contributed by atoms with Crippen molar-refractivity contribution in [2.24, 2.45) is 17.8 Å². The first-order valence-corrected chi connectivity index (χ1v) is 10.3. The molecule has 1 saturated heterocycles. The van der Waals surface area contributed by atoms with Crippen molar-refractivity contribution in [3.8, 4) is 0 Å². The van der Waals surface area contributed by atoms with Crippen molar-refractivity contribution in [1.82, 2.24) is 9.62 Å². The first kappa shape index (κ1) is 16.1. The molecule has 6 heteroatoms. The second kappa shape index (κ2) is 5.85. The van der Waals surface area contributed by atoms with E-state index in [1.54, 1.807) is 12.1 Å². The van der Waals surface area contributed by atoms with Gasteiger partial charge in [-0.25, -0.2) is 13.1 Å². The van der Waals surface area contributed by atoms with E-state index in [1.807, 2.05) is 0 Å². The first-order chi connectivity index (χ1) is 11.5. The highest BCUT2D eigenvalue weighted by molar-refractivity contribution is 7.89. The number of benzene rings is 1. The predicted octanol–water partition coefficient (Wildman–Crippen LogP) is 2.25. The topological polar surface area (TPSA) is 66.5 Å². The molecule has 0 spiro atoms. The molecule has 0 unspecified atom stereocenters. The van der Waals surface area contributed by atoms with E-state index in [4.69, 9.17) is 0 Å². The van der Waals surface area contributed by atoms with Crippen molar-refractivity contribution >= 4 is 15.9 Å². The Bertz CT molecular complexity index is 736. The zero-order chi connectivity index (χ0) is 16.9. The Kier molecular flexibility index (Phi) is 3.92. The van der Waals surface area contributed by atoms with Crippen LogP contribution in [0.4, 0.5) is 0 Å². The van der Waals surface area contributed by atoms with Crippen LogP contribution in [-0.2, 0) is 10.0 Å². The maximum absolute atomic E-state index is 13.0. The molecule has 3 aliphatic rings. The van der Waals surface area contributed by atoms with Gasteiger partial charge in [0, 0.05) is 18.2 Å². The lowest BCUT2D eigenvalue weighted by atomic mass is 9.98. The molecule has 1 N–H and O–H groups in total. The van der Waals surface area contributed by atoms with E-state index in [0.717, 1.165) is 18.9 Å². The Morgan fingerprint density at radius 3 is 2.21 bits per heavy atom. The minimum absolute atomic E-state index is 0.0588. The molecule has 5 nitrogen and oxygen atoms in total. The van der Waals surface area contributed by atoms with Crippen LogP contribution in [-0.4, -0.2) is 38.9 Å². The second-order valence-electron chi connectivity index (χ2n) is 7.43. The zero-order valence-electron chi connectivity index (χ0n) is 13.9. The van der Waals surface area contributed by atoms with E-state index in [-0.39, 0.29) is 10.8 Å². The summed E-state index contributed by atoms with van der Waals surface area (Å²) in [4.78, 5) is 15.2. The average molecular weight is 348 g/mol. The minimum atomic E-state index is -3.46. The van der Waals surface area contributed by atoms with Gasteiger partial charge in [0.05, 0.1) is 4.90 Å². The summed E-state index contributed by atoms with van der Waals surface area (Å²) < 4.78 is 25.9. The van der Waals surface area contributed by atoms with Crippen LogP contribution in [0.25, 0.3) is 0 Å². The van der Waals surface area contributed by atoms with Crippen molar-refractivity contribution in [2.45, 2.75) is 43.0 Å². The van der Waals surface area contributed by atoms with Gasteiger partial charge in [-0.3, -0.25) is 4.79 Å². The number of sulfonamides is 1. The van der Waals surface area contributed by atoms with E-state index >= 15 is 0 Å². The molecule has 2 saturated carbocycles. The third kappa shape index (κ3) is 2.97. The number of amides is 1. The fourth-order valence-corrected chi connectivity index (χ4v) is 4.76. The van der Waals surface area contributed by atoms with E-state index < -0.39 is 10.0 Å². The molecule has 1 aromatic carbocycles. The summed E-state index contributed by atoms with van der Waals surface area (Å²) in [6.45, 7) is 0.876. The van der Waals surface area contributed by atoms with Gasteiger partial charge < -0.3 is 4.90 Å². The molecule has 0 aromatic heterocycles. The number of nitrogens with one attached hydrogen (secondary N) is 1. The van der Waals surface area contributed by atoms with Crippen LogP contribution in [0, 0.1) is 17.8 Å². The Morgan fingerprint density at radius 2 is 1.67 bits per heavy atom. The largest absolute Gasteiger partial charge is 0.335 e. The molecule has 1 amide bonds. The molecule has 0 radical (unpaired) electrons. The predicted molar refractivity (Wildman–Crippen MR) is 91.1 cm³/mol. The van der Waals surface area contributed by atoms with Crippen molar-refractivity contribution < 1.29 is 13.2 Å². The van der Waals surface area contributed by atoms with Crippen molar-refractivity contribution in [1.29, 1.82) is 0 Å². The van der Waals surface area contributed by atoms with Crippen LogP contribution in [0.2, 0.25) is 0 Å². The monoisotopic (exact) mass is 348 g/mol.